The summed E-state index contributed by atoms with van der Waals surface area (Å²) in [6.07, 6.45) is 8.66. The summed E-state index contributed by atoms with van der Waals surface area (Å²) < 4.78 is 7.04. The van der Waals surface area contributed by atoms with Crippen molar-refractivity contribution in [2.24, 2.45) is 23.2 Å². The molecule has 0 spiro atoms. The second-order valence-electron chi connectivity index (χ2n) is 12.0. The number of allylic oxidation sites excluding steroid dienone is 1. The Morgan fingerprint density at radius 3 is 2.47 bits per heavy atom. The Hall–Kier alpha value is -2.97. The second kappa shape index (κ2) is 9.48. The number of aromatic amines is 1. The lowest BCUT2D eigenvalue weighted by Crippen LogP contribution is -2.31. The van der Waals surface area contributed by atoms with E-state index >= 15 is 0 Å². The van der Waals surface area contributed by atoms with E-state index in [9.17, 15) is 4.79 Å². The van der Waals surface area contributed by atoms with Crippen molar-refractivity contribution in [3.8, 4) is 11.6 Å². The minimum absolute atomic E-state index is 0.152. The predicted octanol–water partition coefficient (Wildman–Crippen LogP) is 5.66. The van der Waals surface area contributed by atoms with Crippen molar-refractivity contribution in [1.82, 2.24) is 29.7 Å². The molecule has 5 rings (SSSR count). The Morgan fingerprint density at radius 2 is 1.89 bits per heavy atom. The first-order chi connectivity index (χ1) is 17.1. The van der Waals surface area contributed by atoms with Crippen molar-refractivity contribution in [2.75, 3.05) is 5.32 Å². The van der Waals surface area contributed by atoms with Crippen LogP contribution in [0.25, 0.3) is 28.4 Å². The summed E-state index contributed by atoms with van der Waals surface area (Å²) in [6, 6.07) is 0.259. The van der Waals surface area contributed by atoms with E-state index in [1.807, 2.05) is 0 Å². The van der Waals surface area contributed by atoms with Gasteiger partial charge in [-0.25, -0.2) is 19.7 Å². The molecule has 2 saturated carbocycles. The first-order valence-electron chi connectivity index (χ1n) is 13.4. The average Bonchev–Trinajstić information content (AvgIpc) is 3.36. The Balaban J connectivity index is 1.66. The maximum absolute atomic E-state index is 11.6. The number of nitrogens with zero attached hydrogens (tertiary/aromatic N) is 5. The third-order valence-corrected chi connectivity index (χ3v) is 8.23. The van der Waals surface area contributed by atoms with Gasteiger partial charge in [-0.15, -0.1) is 0 Å². The molecule has 2 fully saturated rings. The van der Waals surface area contributed by atoms with Crippen LogP contribution in [0.3, 0.4) is 0 Å². The molecule has 2 aliphatic carbocycles. The molecule has 0 aromatic carbocycles. The Kier molecular flexibility index (Phi) is 6.51. The van der Waals surface area contributed by atoms with Gasteiger partial charge in [-0.3, -0.25) is 9.51 Å². The average molecular weight is 494 g/mol. The van der Waals surface area contributed by atoms with E-state index in [0.717, 1.165) is 35.2 Å². The number of anilines is 1. The highest BCUT2D eigenvalue weighted by Gasteiger charge is 2.30. The molecule has 9 nitrogen and oxygen atoms in total. The number of H-pyrrole nitrogens is 1. The molecule has 9 heteroatoms. The zero-order valence-electron chi connectivity index (χ0n) is 22.2. The van der Waals surface area contributed by atoms with Crippen molar-refractivity contribution in [3.63, 3.8) is 0 Å². The summed E-state index contributed by atoms with van der Waals surface area (Å²) >= 11 is 0. The van der Waals surface area contributed by atoms with Gasteiger partial charge in [-0.05, 0) is 61.3 Å². The van der Waals surface area contributed by atoms with Crippen LogP contribution in [0.1, 0.15) is 85.4 Å². The van der Waals surface area contributed by atoms with Gasteiger partial charge in [-0.2, -0.15) is 0 Å². The fourth-order valence-corrected chi connectivity index (χ4v) is 5.36. The van der Waals surface area contributed by atoms with Crippen molar-refractivity contribution in [3.05, 3.63) is 23.0 Å². The molecule has 0 saturated heterocycles. The number of nitrogens with one attached hydrogen (secondary N) is 2. The zero-order chi connectivity index (χ0) is 25.6. The first-order valence-corrected chi connectivity index (χ1v) is 13.4. The number of fused-ring (bicyclic) bond motifs is 1. The van der Waals surface area contributed by atoms with E-state index in [0.29, 0.717) is 23.3 Å². The van der Waals surface area contributed by atoms with Gasteiger partial charge < -0.3 is 9.88 Å². The van der Waals surface area contributed by atoms with E-state index in [4.69, 9.17) is 19.5 Å². The number of aromatic nitrogens is 6. The molecular formula is C27H39N7O2. The molecule has 3 aromatic heterocycles. The van der Waals surface area contributed by atoms with Crippen LogP contribution >= 0.6 is 0 Å². The SMILES string of the molecule is C=C(c1nc2nc(-c3noc(=O)[nH]3)nc(N[C@H](C)C3CCC3)c2n1C[C@H]1CC[C@H](C)CC1)C(C)(C)C. The van der Waals surface area contributed by atoms with Gasteiger partial charge in [0.1, 0.15) is 11.3 Å². The van der Waals surface area contributed by atoms with E-state index in [2.05, 4.69) is 61.2 Å². The second-order valence-corrected chi connectivity index (χ2v) is 12.0. The summed E-state index contributed by atoms with van der Waals surface area (Å²) in [5.41, 5.74) is 2.30. The predicted molar refractivity (Wildman–Crippen MR) is 141 cm³/mol. The highest BCUT2D eigenvalue weighted by Crippen LogP contribution is 2.38. The molecular weight excluding hydrogens is 454 g/mol. The van der Waals surface area contributed by atoms with Gasteiger partial charge in [0.15, 0.2) is 11.5 Å². The van der Waals surface area contributed by atoms with Gasteiger partial charge in [0.2, 0.25) is 11.6 Å². The summed E-state index contributed by atoms with van der Waals surface area (Å²) in [6.45, 7) is 16.4. The lowest BCUT2D eigenvalue weighted by Gasteiger charge is -2.32. The Labute approximate surface area is 212 Å². The van der Waals surface area contributed by atoms with Crippen LogP contribution < -0.4 is 11.1 Å². The molecule has 0 aliphatic heterocycles. The highest BCUT2D eigenvalue weighted by molar-refractivity contribution is 5.88. The molecule has 3 heterocycles. The smallest absolute Gasteiger partial charge is 0.365 e. The number of imidazole rings is 1. The fourth-order valence-electron chi connectivity index (χ4n) is 5.36. The number of hydrogen-bond acceptors (Lipinski definition) is 7. The van der Waals surface area contributed by atoms with Crippen LogP contribution in [0, 0.1) is 23.2 Å². The Morgan fingerprint density at radius 1 is 1.17 bits per heavy atom. The molecule has 0 amide bonds. The first kappa shape index (κ1) is 24.7. The van der Waals surface area contributed by atoms with Crippen molar-refractivity contribution in [1.29, 1.82) is 0 Å². The van der Waals surface area contributed by atoms with Gasteiger partial charge in [0, 0.05) is 12.6 Å². The molecule has 0 bridgehead atoms. The van der Waals surface area contributed by atoms with Gasteiger partial charge in [-0.1, -0.05) is 58.7 Å². The molecule has 1 atom stereocenters. The van der Waals surface area contributed by atoms with Crippen molar-refractivity contribution in [2.45, 2.75) is 92.2 Å². The fraction of sp³-hybridized carbons (Fsp3) is 0.667. The normalized spacial score (nSPS) is 21.9. The summed E-state index contributed by atoms with van der Waals surface area (Å²) in [7, 11) is 0. The molecule has 0 unspecified atom stereocenters. The summed E-state index contributed by atoms with van der Waals surface area (Å²) in [5, 5.41) is 7.52. The molecule has 2 N–H and O–H groups in total. The van der Waals surface area contributed by atoms with Gasteiger partial charge in [0.25, 0.3) is 0 Å². The molecule has 194 valence electrons. The number of hydrogen-bond donors (Lipinski definition) is 2. The maximum Gasteiger partial charge on any atom is 0.439 e. The van der Waals surface area contributed by atoms with Gasteiger partial charge in [0.05, 0.1) is 0 Å². The molecule has 0 radical (unpaired) electrons. The third-order valence-electron chi connectivity index (χ3n) is 8.23. The monoisotopic (exact) mass is 493 g/mol. The summed E-state index contributed by atoms with van der Waals surface area (Å²) in [5.74, 6) is 3.43. The van der Waals surface area contributed by atoms with Crippen LogP contribution in [0.4, 0.5) is 5.82 Å². The van der Waals surface area contributed by atoms with Crippen molar-refractivity contribution < 1.29 is 4.52 Å². The summed E-state index contributed by atoms with van der Waals surface area (Å²) in [4.78, 5) is 28.8. The standard InChI is InChI=1S/C27H39N7O2/c1-15-10-12-18(13-11-15)14-34-20-21(28-17(3)19-8-7-9-19)29-23(24-32-26(35)36-33-24)30-22(20)31-25(34)16(2)27(4,5)6/h15,17-19H,2,7-14H2,1,3-6H3,(H,28,29,30)(H,32,33,35)/t15-,17-,18-/m1/s1. The lowest BCUT2D eigenvalue weighted by molar-refractivity contribution is 0.265. The van der Waals surface area contributed by atoms with Crippen LogP contribution in [0.15, 0.2) is 15.9 Å². The zero-order valence-corrected chi connectivity index (χ0v) is 22.2. The quantitative estimate of drug-likeness (QED) is 0.437. The maximum atomic E-state index is 11.6. The van der Waals surface area contributed by atoms with Crippen LogP contribution in [-0.2, 0) is 6.54 Å². The molecule has 2 aliphatic rings. The van der Waals surface area contributed by atoms with Crippen LogP contribution in [-0.4, -0.2) is 35.7 Å². The third kappa shape index (κ3) is 4.84. The Bertz CT molecular complexity index is 1300. The molecule has 3 aromatic rings. The topological polar surface area (TPSA) is 115 Å². The van der Waals surface area contributed by atoms with E-state index in [-0.39, 0.29) is 17.3 Å². The largest absolute Gasteiger partial charge is 0.439 e. The van der Waals surface area contributed by atoms with E-state index in [1.54, 1.807) is 0 Å². The van der Waals surface area contributed by atoms with E-state index < -0.39 is 5.76 Å². The number of rotatable bonds is 7. The van der Waals surface area contributed by atoms with Crippen LogP contribution in [0.5, 0.6) is 0 Å². The van der Waals surface area contributed by atoms with Crippen LogP contribution in [0.2, 0.25) is 0 Å². The van der Waals surface area contributed by atoms with E-state index in [1.165, 1.54) is 44.9 Å². The van der Waals surface area contributed by atoms with Gasteiger partial charge >= 0.3 is 5.76 Å². The molecule has 36 heavy (non-hydrogen) atoms. The van der Waals surface area contributed by atoms with Crippen molar-refractivity contribution >= 4 is 22.6 Å². The minimum atomic E-state index is -0.634. The lowest BCUT2D eigenvalue weighted by atomic mass is 9.80. The minimum Gasteiger partial charge on any atom is -0.365 e. The highest BCUT2D eigenvalue weighted by atomic mass is 16.5.